The van der Waals surface area contributed by atoms with Gasteiger partial charge in [-0.3, -0.25) is 4.99 Å². The van der Waals surface area contributed by atoms with Crippen molar-refractivity contribution in [3.63, 3.8) is 0 Å². The van der Waals surface area contributed by atoms with Gasteiger partial charge in [0, 0.05) is 17.6 Å². The fourth-order valence-corrected chi connectivity index (χ4v) is 2.89. The topological polar surface area (TPSA) is 30.2 Å². The number of halogens is 1. The molecule has 1 heterocycles. The van der Waals surface area contributed by atoms with E-state index in [0.29, 0.717) is 6.04 Å². The van der Waals surface area contributed by atoms with E-state index in [9.17, 15) is 0 Å². The summed E-state index contributed by atoms with van der Waals surface area (Å²) in [6, 6.07) is 8.13. The maximum absolute atomic E-state index is 5.90. The SMILES string of the molecule is CCC(CC)N=c1sc(-c2ccc(Cl)cc2)nn1C. The zero-order valence-corrected chi connectivity index (χ0v) is 13.0. The Labute approximate surface area is 122 Å². The molecular weight excluding hydrogens is 278 g/mol. The van der Waals surface area contributed by atoms with E-state index in [2.05, 4.69) is 18.9 Å². The molecule has 0 N–H and O–H groups in total. The standard InChI is InChI=1S/C14H18ClN3S/c1-4-12(5-2)16-14-18(3)17-13(19-14)10-6-8-11(15)9-7-10/h6-9,12H,4-5H2,1-3H3. The van der Waals surface area contributed by atoms with Crippen LogP contribution in [0.5, 0.6) is 0 Å². The van der Waals surface area contributed by atoms with Crippen LogP contribution in [-0.2, 0) is 7.05 Å². The molecule has 0 bridgehead atoms. The molecule has 0 saturated heterocycles. The van der Waals surface area contributed by atoms with Gasteiger partial charge in [-0.05, 0) is 25.0 Å². The fraction of sp³-hybridized carbons (Fsp3) is 0.429. The lowest BCUT2D eigenvalue weighted by atomic mass is 10.2. The van der Waals surface area contributed by atoms with Crippen molar-refractivity contribution in [2.75, 3.05) is 0 Å². The summed E-state index contributed by atoms with van der Waals surface area (Å²) in [5.41, 5.74) is 1.08. The molecule has 0 spiro atoms. The second-order valence-corrected chi connectivity index (χ2v) is 5.81. The van der Waals surface area contributed by atoms with Gasteiger partial charge in [-0.15, -0.1) is 0 Å². The molecule has 0 unspecified atom stereocenters. The van der Waals surface area contributed by atoms with Crippen LogP contribution in [0.4, 0.5) is 0 Å². The molecule has 102 valence electrons. The lowest BCUT2D eigenvalue weighted by Gasteiger charge is -2.03. The first-order valence-electron chi connectivity index (χ1n) is 6.48. The third kappa shape index (κ3) is 3.45. The number of hydrogen-bond acceptors (Lipinski definition) is 3. The molecule has 0 aliphatic rings. The number of aromatic nitrogens is 2. The highest BCUT2D eigenvalue weighted by Crippen LogP contribution is 2.21. The monoisotopic (exact) mass is 295 g/mol. The molecule has 2 rings (SSSR count). The molecule has 0 aliphatic heterocycles. The summed E-state index contributed by atoms with van der Waals surface area (Å²) in [7, 11) is 1.94. The van der Waals surface area contributed by atoms with Gasteiger partial charge in [-0.2, -0.15) is 5.10 Å². The normalized spacial score (nSPS) is 12.4. The van der Waals surface area contributed by atoms with Crippen molar-refractivity contribution in [3.8, 4) is 10.6 Å². The number of rotatable bonds is 4. The smallest absolute Gasteiger partial charge is 0.203 e. The van der Waals surface area contributed by atoms with Crippen LogP contribution >= 0.6 is 22.9 Å². The molecule has 2 aromatic rings. The quantitative estimate of drug-likeness (QED) is 0.841. The summed E-state index contributed by atoms with van der Waals surface area (Å²) in [6.45, 7) is 4.33. The van der Waals surface area contributed by atoms with E-state index >= 15 is 0 Å². The van der Waals surface area contributed by atoms with Crippen molar-refractivity contribution in [1.82, 2.24) is 9.78 Å². The van der Waals surface area contributed by atoms with Crippen LogP contribution in [0.2, 0.25) is 5.02 Å². The summed E-state index contributed by atoms with van der Waals surface area (Å²) in [4.78, 5) is 5.72. The van der Waals surface area contributed by atoms with E-state index in [0.717, 1.165) is 33.2 Å². The van der Waals surface area contributed by atoms with Crippen LogP contribution in [0.15, 0.2) is 29.3 Å². The van der Waals surface area contributed by atoms with E-state index < -0.39 is 0 Å². The lowest BCUT2D eigenvalue weighted by Crippen LogP contribution is -2.16. The Bertz CT molecular complexity index is 594. The highest BCUT2D eigenvalue weighted by molar-refractivity contribution is 7.12. The second kappa shape index (κ2) is 6.35. The van der Waals surface area contributed by atoms with Gasteiger partial charge in [0.2, 0.25) is 4.80 Å². The zero-order chi connectivity index (χ0) is 13.8. The van der Waals surface area contributed by atoms with E-state index in [1.54, 1.807) is 11.3 Å². The average Bonchev–Trinajstić information content (AvgIpc) is 2.78. The van der Waals surface area contributed by atoms with Crippen LogP contribution < -0.4 is 4.80 Å². The molecule has 0 radical (unpaired) electrons. The third-order valence-electron chi connectivity index (χ3n) is 3.03. The van der Waals surface area contributed by atoms with Crippen LogP contribution in [-0.4, -0.2) is 15.8 Å². The summed E-state index contributed by atoms with van der Waals surface area (Å²) in [5.74, 6) is 0. The Morgan fingerprint density at radius 1 is 1.26 bits per heavy atom. The summed E-state index contributed by atoms with van der Waals surface area (Å²) < 4.78 is 1.85. The molecule has 0 saturated carbocycles. The Hall–Kier alpha value is -1.13. The van der Waals surface area contributed by atoms with Gasteiger partial charge < -0.3 is 0 Å². The Balaban J connectivity index is 2.38. The van der Waals surface area contributed by atoms with Gasteiger partial charge in [0.15, 0.2) is 0 Å². The van der Waals surface area contributed by atoms with E-state index in [1.807, 2.05) is 36.0 Å². The van der Waals surface area contributed by atoms with Gasteiger partial charge in [-0.1, -0.05) is 48.9 Å². The van der Waals surface area contributed by atoms with Gasteiger partial charge in [0.25, 0.3) is 0 Å². The molecule has 5 heteroatoms. The molecule has 3 nitrogen and oxygen atoms in total. The van der Waals surface area contributed by atoms with E-state index in [4.69, 9.17) is 16.6 Å². The first-order valence-corrected chi connectivity index (χ1v) is 7.67. The minimum absolute atomic E-state index is 0.379. The molecule has 0 fully saturated rings. The second-order valence-electron chi connectivity index (χ2n) is 4.42. The van der Waals surface area contributed by atoms with Gasteiger partial charge >= 0.3 is 0 Å². The van der Waals surface area contributed by atoms with Crippen molar-refractivity contribution in [2.24, 2.45) is 12.0 Å². The van der Waals surface area contributed by atoms with E-state index in [-0.39, 0.29) is 0 Å². The maximum atomic E-state index is 5.90. The molecule has 1 aromatic heterocycles. The first-order chi connectivity index (χ1) is 9.13. The van der Waals surface area contributed by atoms with Crippen molar-refractivity contribution in [2.45, 2.75) is 32.7 Å². The minimum Gasteiger partial charge on any atom is -0.254 e. The van der Waals surface area contributed by atoms with Crippen molar-refractivity contribution < 1.29 is 0 Å². The van der Waals surface area contributed by atoms with Crippen molar-refractivity contribution in [3.05, 3.63) is 34.1 Å². The van der Waals surface area contributed by atoms with Gasteiger partial charge in [-0.25, -0.2) is 4.68 Å². The summed E-state index contributed by atoms with van der Waals surface area (Å²) >= 11 is 7.52. The van der Waals surface area contributed by atoms with Gasteiger partial charge in [0.05, 0.1) is 6.04 Å². The van der Waals surface area contributed by atoms with Crippen LogP contribution in [0.25, 0.3) is 10.6 Å². The van der Waals surface area contributed by atoms with E-state index in [1.165, 1.54) is 0 Å². The Morgan fingerprint density at radius 3 is 2.47 bits per heavy atom. The van der Waals surface area contributed by atoms with Crippen LogP contribution in [0, 0.1) is 0 Å². The van der Waals surface area contributed by atoms with Gasteiger partial charge in [0.1, 0.15) is 5.01 Å². The Kier molecular flexibility index (Phi) is 4.77. The largest absolute Gasteiger partial charge is 0.254 e. The predicted molar refractivity (Wildman–Crippen MR) is 81.5 cm³/mol. The molecule has 0 atom stereocenters. The molecule has 0 amide bonds. The number of nitrogens with zero attached hydrogens (tertiary/aromatic N) is 3. The van der Waals surface area contributed by atoms with Crippen LogP contribution in [0.1, 0.15) is 26.7 Å². The summed E-state index contributed by atoms with van der Waals surface area (Å²) in [6.07, 6.45) is 2.12. The fourth-order valence-electron chi connectivity index (χ4n) is 1.80. The maximum Gasteiger partial charge on any atom is 0.203 e. The third-order valence-corrected chi connectivity index (χ3v) is 4.35. The molecule has 1 aromatic carbocycles. The predicted octanol–water partition coefficient (Wildman–Crippen LogP) is 3.89. The van der Waals surface area contributed by atoms with Crippen molar-refractivity contribution >= 4 is 22.9 Å². The highest BCUT2D eigenvalue weighted by Gasteiger charge is 2.07. The number of hydrogen-bond donors (Lipinski definition) is 0. The Morgan fingerprint density at radius 2 is 1.89 bits per heavy atom. The summed E-state index contributed by atoms with van der Waals surface area (Å²) in [5, 5.41) is 6.25. The minimum atomic E-state index is 0.379. The lowest BCUT2D eigenvalue weighted by molar-refractivity contribution is 0.597. The number of benzene rings is 1. The molecule has 19 heavy (non-hydrogen) atoms. The van der Waals surface area contributed by atoms with Crippen LogP contribution in [0.3, 0.4) is 0 Å². The first kappa shape index (κ1) is 14.3. The molecule has 0 aliphatic carbocycles. The zero-order valence-electron chi connectivity index (χ0n) is 11.4. The number of aryl methyl sites for hydroxylation is 1. The van der Waals surface area contributed by atoms with Crippen molar-refractivity contribution in [1.29, 1.82) is 0 Å². The molecular formula is C14H18ClN3S. The average molecular weight is 296 g/mol. The highest BCUT2D eigenvalue weighted by atomic mass is 35.5.